The van der Waals surface area contributed by atoms with Gasteiger partial charge in [0.25, 0.3) is 6.43 Å². The lowest BCUT2D eigenvalue weighted by Crippen LogP contribution is -2.45. The van der Waals surface area contributed by atoms with Gasteiger partial charge in [0, 0.05) is 44.3 Å². The molecule has 1 N–H and O–H groups in total. The van der Waals surface area contributed by atoms with E-state index < -0.39 is 32.0 Å². The summed E-state index contributed by atoms with van der Waals surface area (Å²) < 4.78 is 34.1. The molecule has 0 aliphatic carbocycles. The molecule has 2 aromatic rings. The second-order valence-electron chi connectivity index (χ2n) is 10.4. The molecule has 32 heavy (non-hydrogen) atoms. The zero-order valence-electron chi connectivity index (χ0n) is 19.5. The number of nitrogens with zero attached hydrogens (tertiary/aromatic N) is 4. The van der Waals surface area contributed by atoms with E-state index in [2.05, 4.69) is 24.6 Å². The van der Waals surface area contributed by atoms with Gasteiger partial charge < -0.3 is 14.7 Å². The summed E-state index contributed by atoms with van der Waals surface area (Å²) in [6.07, 6.45) is -3.19. The normalized spacial score (nSPS) is 17.2. The second kappa shape index (κ2) is 9.18. The first-order chi connectivity index (χ1) is 14.8. The number of halogens is 2. The highest BCUT2D eigenvalue weighted by molar-refractivity contribution is 7.10. The summed E-state index contributed by atoms with van der Waals surface area (Å²) in [5, 5.41) is 15.9. The average molecular weight is 487 g/mol. The molecule has 1 unspecified atom stereocenters. The third-order valence-electron chi connectivity index (χ3n) is 5.50. The molecule has 2 aromatic heterocycles. The highest BCUT2D eigenvalue weighted by Gasteiger charge is 2.43. The van der Waals surface area contributed by atoms with Crippen LogP contribution in [0.25, 0.3) is 11.4 Å². The van der Waals surface area contributed by atoms with E-state index in [-0.39, 0.29) is 11.7 Å². The largest absolute Gasteiger partial charge is 0.465 e. The third kappa shape index (κ3) is 5.37. The van der Waals surface area contributed by atoms with Gasteiger partial charge >= 0.3 is 6.09 Å². The zero-order valence-corrected chi connectivity index (χ0v) is 21.3. The van der Waals surface area contributed by atoms with Crippen LogP contribution < -0.4 is 0 Å². The number of hydrogen-bond acceptors (Lipinski definition) is 5. The molecule has 3 heterocycles. The Morgan fingerprint density at radius 1 is 1.38 bits per heavy atom. The molecule has 0 radical (unpaired) electrons. The van der Waals surface area contributed by atoms with Crippen LogP contribution in [0.4, 0.5) is 13.6 Å². The molecule has 0 saturated carbocycles. The summed E-state index contributed by atoms with van der Waals surface area (Å²) in [5.41, 5.74) is 2.01. The van der Waals surface area contributed by atoms with E-state index in [0.29, 0.717) is 31.0 Å². The molecule has 3 rings (SSSR count). The maximum atomic E-state index is 13.2. The van der Waals surface area contributed by atoms with E-state index in [1.807, 2.05) is 20.8 Å². The standard InChI is InChI=1S/C21H32F2N4O3SSi/c1-21(2,3)17-15-14(7-8-26(17)20(28)29)27(12-30-9-10-32(4,5)6)25-16(15)13-11-31-19(24-13)18(22)23/h11,17-18H,7-10,12H2,1-6H3,(H,28,29). The molecule has 1 aliphatic heterocycles. The van der Waals surface area contributed by atoms with Gasteiger partial charge in [0.05, 0.1) is 6.04 Å². The lowest BCUT2D eigenvalue weighted by molar-refractivity contribution is 0.0648. The molecule has 1 atom stereocenters. The van der Waals surface area contributed by atoms with Crippen LogP contribution in [0.1, 0.15) is 49.5 Å². The maximum Gasteiger partial charge on any atom is 0.407 e. The Hall–Kier alpha value is -1.85. The fourth-order valence-electron chi connectivity index (χ4n) is 4.00. The van der Waals surface area contributed by atoms with Crippen LogP contribution in [0.3, 0.4) is 0 Å². The van der Waals surface area contributed by atoms with Crippen molar-refractivity contribution in [2.75, 3.05) is 13.2 Å². The van der Waals surface area contributed by atoms with E-state index in [4.69, 9.17) is 9.84 Å². The van der Waals surface area contributed by atoms with Gasteiger partial charge in [-0.1, -0.05) is 40.4 Å². The van der Waals surface area contributed by atoms with Crippen molar-refractivity contribution in [1.29, 1.82) is 0 Å². The van der Waals surface area contributed by atoms with Crippen molar-refractivity contribution in [3.63, 3.8) is 0 Å². The van der Waals surface area contributed by atoms with Crippen LogP contribution in [0.15, 0.2) is 5.38 Å². The first-order valence-electron chi connectivity index (χ1n) is 10.7. The molecule has 0 saturated heterocycles. The number of aromatic nitrogens is 3. The number of rotatable bonds is 7. The van der Waals surface area contributed by atoms with Crippen molar-refractivity contribution in [3.05, 3.63) is 21.6 Å². The molecule has 178 valence electrons. The lowest BCUT2D eigenvalue weighted by atomic mass is 9.78. The van der Waals surface area contributed by atoms with E-state index in [1.165, 1.54) is 4.90 Å². The molecule has 1 aliphatic rings. The van der Waals surface area contributed by atoms with Crippen LogP contribution in [-0.4, -0.2) is 52.1 Å². The fourth-order valence-corrected chi connectivity index (χ4v) is 5.41. The molecule has 1 amide bonds. The minimum atomic E-state index is -2.66. The molecule has 0 aromatic carbocycles. The Bertz CT molecular complexity index is 965. The molecule has 0 bridgehead atoms. The molecule has 0 spiro atoms. The van der Waals surface area contributed by atoms with Gasteiger partial charge in [-0.15, -0.1) is 11.3 Å². The number of fused-ring (bicyclic) bond motifs is 1. The van der Waals surface area contributed by atoms with E-state index >= 15 is 0 Å². The van der Waals surface area contributed by atoms with Gasteiger partial charge in [-0.2, -0.15) is 5.10 Å². The SMILES string of the molecule is CC(C)(C)C1c2c(-c3csc(C(F)F)n3)nn(COCC[Si](C)(C)C)c2CCN1C(=O)O. The Balaban J connectivity index is 2.05. The van der Waals surface area contributed by atoms with Gasteiger partial charge in [0.2, 0.25) is 0 Å². The van der Waals surface area contributed by atoms with Crippen LogP contribution in [0.5, 0.6) is 0 Å². The summed E-state index contributed by atoms with van der Waals surface area (Å²) in [5.74, 6) is 0. The Kier molecular flexibility index (Phi) is 7.11. The smallest absolute Gasteiger partial charge is 0.407 e. The van der Waals surface area contributed by atoms with Crippen LogP contribution >= 0.6 is 11.3 Å². The van der Waals surface area contributed by atoms with Gasteiger partial charge in [0.15, 0.2) is 5.01 Å². The predicted molar refractivity (Wildman–Crippen MR) is 123 cm³/mol. The molecule has 7 nitrogen and oxygen atoms in total. The average Bonchev–Trinajstić information content (AvgIpc) is 3.28. The lowest BCUT2D eigenvalue weighted by Gasteiger charge is -2.42. The summed E-state index contributed by atoms with van der Waals surface area (Å²) in [4.78, 5) is 17.6. The highest BCUT2D eigenvalue weighted by atomic mass is 32.1. The first kappa shape index (κ1) is 24.8. The number of alkyl halides is 2. The highest BCUT2D eigenvalue weighted by Crippen LogP contribution is 2.46. The summed E-state index contributed by atoms with van der Waals surface area (Å²) in [7, 11) is -1.24. The monoisotopic (exact) mass is 486 g/mol. The second-order valence-corrected chi connectivity index (χ2v) is 16.9. The summed E-state index contributed by atoms with van der Waals surface area (Å²) >= 11 is 0.885. The minimum Gasteiger partial charge on any atom is -0.465 e. The van der Waals surface area contributed by atoms with Gasteiger partial charge in [-0.05, 0) is 11.5 Å². The predicted octanol–water partition coefficient (Wildman–Crippen LogP) is 5.88. The van der Waals surface area contributed by atoms with E-state index in [9.17, 15) is 18.7 Å². The molecule has 0 fully saturated rings. The summed E-state index contributed by atoms with van der Waals surface area (Å²) in [6, 6.07) is 0.538. The summed E-state index contributed by atoms with van der Waals surface area (Å²) in [6.45, 7) is 14.0. The molecular weight excluding hydrogens is 454 g/mol. The molecule has 11 heteroatoms. The van der Waals surface area contributed by atoms with Crippen molar-refractivity contribution in [1.82, 2.24) is 19.7 Å². The number of amides is 1. The van der Waals surface area contributed by atoms with Crippen molar-refractivity contribution in [3.8, 4) is 11.4 Å². The number of hydrogen-bond donors (Lipinski definition) is 1. The minimum absolute atomic E-state index is 0.239. The fraction of sp³-hybridized carbons (Fsp3) is 0.667. The van der Waals surface area contributed by atoms with Crippen molar-refractivity contribution >= 4 is 25.5 Å². The van der Waals surface area contributed by atoms with E-state index in [0.717, 1.165) is 28.6 Å². The van der Waals surface area contributed by atoms with Crippen molar-refractivity contribution < 1.29 is 23.4 Å². The Morgan fingerprint density at radius 3 is 2.59 bits per heavy atom. The number of ether oxygens (including phenoxy) is 1. The van der Waals surface area contributed by atoms with Crippen LogP contribution in [-0.2, 0) is 17.9 Å². The van der Waals surface area contributed by atoms with Gasteiger partial charge in [-0.25, -0.2) is 23.2 Å². The zero-order chi connectivity index (χ0) is 23.8. The van der Waals surface area contributed by atoms with Crippen molar-refractivity contribution in [2.24, 2.45) is 5.41 Å². The van der Waals surface area contributed by atoms with Crippen molar-refractivity contribution in [2.45, 2.75) is 72.1 Å². The Morgan fingerprint density at radius 2 is 2.06 bits per heavy atom. The first-order valence-corrected chi connectivity index (χ1v) is 15.3. The van der Waals surface area contributed by atoms with Crippen LogP contribution in [0, 0.1) is 5.41 Å². The van der Waals surface area contributed by atoms with E-state index in [1.54, 1.807) is 10.1 Å². The number of carboxylic acid groups (broad SMARTS) is 1. The Labute approximate surface area is 192 Å². The van der Waals surface area contributed by atoms with Crippen LogP contribution in [0.2, 0.25) is 25.7 Å². The third-order valence-corrected chi connectivity index (χ3v) is 8.06. The number of thiazole rings is 1. The number of carbonyl (C=O) groups is 1. The topological polar surface area (TPSA) is 80.5 Å². The van der Waals surface area contributed by atoms with Gasteiger partial charge in [-0.3, -0.25) is 0 Å². The molecular formula is C21H32F2N4O3SSi. The van der Waals surface area contributed by atoms with Gasteiger partial charge in [0.1, 0.15) is 18.1 Å². The quantitative estimate of drug-likeness (QED) is 0.390. The maximum absolute atomic E-state index is 13.2.